The van der Waals surface area contributed by atoms with E-state index < -0.39 is 0 Å². The molecular formula is C32H32N4O2. The maximum absolute atomic E-state index is 6.25. The monoisotopic (exact) mass is 504 g/mol. The Morgan fingerprint density at radius 1 is 0.895 bits per heavy atom. The molecule has 3 heterocycles. The largest absolute Gasteiger partial charge is 0.493 e. The second kappa shape index (κ2) is 11.1. The van der Waals surface area contributed by atoms with Crippen molar-refractivity contribution in [3.05, 3.63) is 96.4 Å². The minimum absolute atomic E-state index is 0.493. The molecule has 0 N–H and O–H groups in total. The van der Waals surface area contributed by atoms with Crippen molar-refractivity contribution in [3.8, 4) is 11.5 Å². The Morgan fingerprint density at radius 2 is 1.76 bits per heavy atom. The Kier molecular flexibility index (Phi) is 7.03. The lowest BCUT2D eigenvalue weighted by molar-refractivity contribution is 0.289. The number of methoxy groups -OCH3 is 1. The van der Waals surface area contributed by atoms with Gasteiger partial charge in [-0.15, -0.1) is 0 Å². The van der Waals surface area contributed by atoms with E-state index in [1.807, 2.05) is 24.3 Å². The van der Waals surface area contributed by atoms with Crippen molar-refractivity contribution in [1.29, 1.82) is 0 Å². The van der Waals surface area contributed by atoms with Crippen LogP contribution in [0.3, 0.4) is 0 Å². The van der Waals surface area contributed by atoms with Gasteiger partial charge in [0.25, 0.3) is 0 Å². The Hall–Kier alpha value is -4.19. The SMILES string of the molecule is COc1cc2ncnc(N3CCCC(c4ccccc4)C3)c2cc1OCCCc1ccc2ccccc2n1. The number of pyridine rings is 1. The summed E-state index contributed by atoms with van der Waals surface area (Å²) in [5.74, 6) is 2.86. The lowest BCUT2D eigenvalue weighted by atomic mass is 9.90. The molecule has 2 aromatic heterocycles. The molecule has 1 fully saturated rings. The predicted octanol–water partition coefficient (Wildman–Crippen LogP) is 6.58. The highest BCUT2D eigenvalue weighted by Crippen LogP contribution is 2.37. The number of piperidine rings is 1. The number of anilines is 1. The van der Waals surface area contributed by atoms with E-state index in [0.29, 0.717) is 18.3 Å². The Balaban J connectivity index is 1.19. The number of nitrogens with zero attached hydrogens (tertiary/aromatic N) is 4. The second-order valence-corrected chi connectivity index (χ2v) is 9.86. The number of ether oxygens (including phenoxy) is 2. The zero-order chi connectivity index (χ0) is 25.7. The van der Waals surface area contributed by atoms with Gasteiger partial charge < -0.3 is 14.4 Å². The highest BCUT2D eigenvalue weighted by molar-refractivity contribution is 5.92. The Morgan fingerprint density at radius 3 is 2.66 bits per heavy atom. The number of rotatable bonds is 8. The Bertz CT molecular complexity index is 1540. The third-order valence-electron chi connectivity index (χ3n) is 7.38. The molecule has 0 radical (unpaired) electrons. The molecule has 0 spiro atoms. The molecular weight excluding hydrogens is 472 g/mol. The van der Waals surface area contributed by atoms with E-state index in [4.69, 9.17) is 19.4 Å². The normalized spacial score (nSPS) is 15.6. The summed E-state index contributed by atoms with van der Waals surface area (Å²) in [5, 5.41) is 2.16. The van der Waals surface area contributed by atoms with E-state index in [1.54, 1.807) is 13.4 Å². The summed E-state index contributed by atoms with van der Waals surface area (Å²) in [7, 11) is 1.67. The van der Waals surface area contributed by atoms with E-state index in [-0.39, 0.29) is 0 Å². The van der Waals surface area contributed by atoms with Crippen molar-refractivity contribution in [2.75, 3.05) is 31.7 Å². The Labute approximate surface area is 223 Å². The first-order chi connectivity index (χ1) is 18.8. The summed E-state index contributed by atoms with van der Waals surface area (Å²) in [6, 6.07) is 27.2. The number of hydrogen-bond acceptors (Lipinski definition) is 6. The van der Waals surface area contributed by atoms with Gasteiger partial charge in [0.05, 0.1) is 24.8 Å². The summed E-state index contributed by atoms with van der Waals surface area (Å²) in [6.07, 6.45) is 5.69. The maximum atomic E-state index is 6.25. The number of para-hydroxylation sites is 1. The summed E-state index contributed by atoms with van der Waals surface area (Å²) in [6.45, 7) is 2.49. The van der Waals surface area contributed by atoms with Gasteiger partial charge in [-0.05, 0) is 49.4 Å². The fraction of sp³-hybridized carbons (Fsp3) is 0.281. The molecule has 6 rings (SSSR count). The third kappa shape index (κ3) is 5.12. The number of hydrogen-bond donors (Lipinski definition) is 0. The molecule has 0 amide bonds. The van der Waals surface area contributed by atoms with Crippen molar-refractivity contribution < 1.29 is 9.47 Å². The first-order valence-electron chi connectivity index (χ1n) is 13.4. The molecule has 0 aliphatic carbocycles. The molecule has 3 aromatic carbocycles. The fourth-order valence-corrected chi connectivity index (χ4v) is 5.42. The van der Waals surface area contributed by atoms with Gasteiger partial charge in [-0.1, -0.05) is 54.6 Å². The van der Waals surface area contributed by atoms with Crippen molar-refractivity contribution in [1.82, 2.24) is 15.0 Å². The number of aromatic nitrogens is 3. The fourth-order valence-electron chi connectivity index (χ4n) is 5.42. The molecule has 1 unspecified atom stereocenters. The van der Waals surface area contributed by atoms with Crippen LogP contribution in [0.5, 0.6) is 11.5 Å². The van der Waals surface area contributed by atoms with Gasteiger partial charge in [0.2, 0.25) is 0 Å². The van der Waals surface area contributed by atoms with Crippen LogP contribution in [0.1, 0.15) is 36.4 Å². The average Bonchev–Trinajstić information content (AvgIpc) is 2.99. The first-order valence-corrected chi connectivity index (χ1v) is 13.4. The van der Waals surface area contributed by atoms with Crippen LogP contribution in [0.4, 0.5) is 5.82 Å². The molecule has 1 aliphatic heterocycles. The highest BCUT2D eigenvalue weighted by Gasteiger charge is 2.24. The van der Waals surface area contributed by atoms with E-state index >= 15 is 0 Å². The van der Waals surface area contributed by atoms with Crippen LogP contribution >= 0.6 is 0 Å². The van der Waals surface area contributed by atoms with E-state index in [2.05, 4.69) is 64.5 Å². The van der Waals surface area contributed by atoms with E-state index in [9.17, 15) is 0 Å². The topological polar surface area (TPSA) is 60.4 Å². The van der Waals surface area contributed by atoms with Crippen LogP contribution in [0.2, 0.25) is 0 Å². The van der Waals surface area contributed by atoms with Crippen LogP contribution in [0.25, 0.3) is 21.8 Å². The lowest BCUT2D eigenvalue weighted by Crippen LogP contribution is -2.35. The number of aryl methyl sites for hydroxylation is 1. The molecule has 1 aliphatic rings. The van der Waals surface area contributed by atoms with Crippen molar-refractivity contribution in [3.63, 3.8) is 0 Å². The van der Waals surface area contributed by atoms with Crippen molar-refractivity contribution >= 4 is 27.6 Å². The quantitative estimate of drug-likeness (QED) is 0.222. The number of fused-ring (bicyclic) bond motifs is 2. The lowest BCUT2D eigenvalue weighted by Gasteiger charge is -2.34. The van der Waals surface area contributed by atoms with Crippen LogP contribution in [-0.2, 0) is 6.42 Å². The minimum atomic E-state index is 0.493. The molecule has 38 heavy (non-hydrogen) atoms. The van der Waals surface area contributed by atoms with Gasteiger partial charge in [-0.25, -0.2) is 9.97 Å². The number of benzene rings is 3. The van der Waals surface area contributed by atoms with E-state index in [0.717, 1.165) is 71.4 Å². The minimum Gasteiger partial charge on any atom is -0.493 e. The molecule has 1 atom stereocenters. The standard InChI is InChI=1S/C32H32N4O2/c1-37-30-20-29-27(19-31(30)38-18-8-13-26-16-15-24-11-5-6-14-28(24)35-26)32(34-22-33-29)36-17-7-12-25(21-36)23-9-3-2-4-10-23/h2-6,9-11,14-16,19-20,22,25H,7-8,12-13,17-18,21H2,1H3. The predicted molar refractivity (Wildman–Crippen MR) is 152 cm³/mol. The second-order valence-electron chi connectivity index (χ2n) is 9.86. The van der Waals surface area contributed by atoms with Crippen LogP contribution in [0.15, 0.2) is 85.2 Å². The molecule has 0 bridgehead atoms. The molecule has 6 nitrogen and oxygen atoms in total. The highest BCUT2D eigenvalue weighted by atomic mass is 16.5. The molecule has 6 heteroatoms. The van der Waals surface area contributed by atoms with Crippen molar-refractivity contribution in [2.24, 2.45) is 0 Å². The first kappa shape index (κ1) is 24.2. The van der Waals surface area contributed by atoms with Gasteiger partial charge in [-0.3, -0.25) is 4.98 Å². The van der Waals surface area contributed by atoms with Crippen LogP contribution in [-0.4, -0.2) is 41.8 Å². The van der Waals surface area contributed by atoms with Crippen molar-refractivity contribution in [2.45, 2.75) is 31.6 Å². The summed E-state index contributed by atoms with van der Waals surface area (Å²) >= 11 is 0. The smallest absolute Gasteiger partial charge is 0.162 e. The van der Waals surface area contributed by atoms with Gasteiger partial charge in [0.15, 0.2) is 11.5 Å². The molecule has 5 aromatic rings. The molecule has 192 valence electrons. The van der Waals surface area contributed by atoms with Gasteiger partial charge >= 0.3 is 0 Å². The summed E-state index contributed by atoms with van der Waals surface area (Å²) in [4.78, 5) is 16.4. The van der Waals surface area contributed by atoms with E-state index in [1.165, 1.54) is 12.0 Å². The average molecular weight is 505 g/mol. The van der Waals surface area contributed by atoms with Gasteiger partial charge in [0.1, 0.15) is 12.1 Å². The maximum Gasteiger partial charge on any atom is 0.162 e. The van der Waals surface area contributed by atoms with Gasteiger partial charge in [0, 0.05) is 41.5 Å². The zero-order valence-corrected chi connectivity index (χ0v) is 21.7. The molecule has 1 saturated heterocycles. The zero-order valence-electron chi connectivity index (χ0n) is 21.7. The molecule has 0 saturated carbocycles. The summed E-state index contributed by atoms with van der Waals surface area (Å²) in [5.41, 5.74) is 4.36. The summed E-state index contributed by atoms with van der Waals surface area (Å²) < 4.78 is 11.9. The third-order valence-corrected chi connectivity index (χ3v) is 7.38. The van der Waals surface area contributed by atoms with Crippen LogP contribution in [0, 0.1) is 0 Å². The van der Waals surface area contributed by atoms with Crippen LogP contribution < -0.4 is 14.4 Å². The van der Waals surface area contributed by atoms with Gasteiger partial charge in [-0.2, -0.15) is 0 Å².